The number of methoxy groups -OCH3 is 1. The molecule has 1 amide bonds. The van der Waals surface area contributed by atoms with Crippen LogP contribution in [0.1, 0.15) is 36.3 Å². The van der Waals surface area contributed by atoms with Crippen molar-refractivity contribution in [3.05, 3.63) is 65.9 Å². The van der Waals surface area contributed by atoms with Crippen molar-refractivity contribution < 1.29 is 23.4 Å². The van der Waals surface area contributed by atoms with Crippen LogP contribution >= 0.6 is 0 Å². The summed E-state index contributed by atoms with van der Waals surface area (Å²) in [5.41, 5.74) is 1.91. The van der Waals surface area contributed by atoms with E-state index >= 15 is 0 Å². The summed E-state index contributed by atoms with van der Waals surface area (Å²) in [6.45, 7) is 4.59. The molecule has 0 bridgehead atoms. The van der Waals surface area contributed by atoms with E-state index in [2.05, 4.69) is 5.10 Å². The molecule has 8 heteroatoms. The number of aryl methyl sites for hydroxylation is 2. The Bertz CT molecular complexity index is 1020. The number of furan rings is 1. The molecule has 1 atom stereocenters. The van der Waals surface area contributed by atoms with Crippen molar-refractivity contribution in [2.75, 3.05) is 20.3 Å². The number of hydrogen-bond donors (Lipinski definition) is 0. The Morgan fingerprint density at radius 1 is 1.27 bits per heavy atom. The van der Waals surface area contributed by atoms with Gasteiger partial charge in [-0.2, -0.15) is 5.10 Å². The number of benzene rings is 1. The first kappa shape index (κ1) is 22.9. The van der Waals surface area contributed by atoms with E-state index in [1.807, 2.05) is 59.1 Å². The second kappa shape index (κ2) is 11.0. The molecule has 33 heavy (non-hydrogen) atoms. The minimum absolute atomic E-state index is 0.0764. The van der Waals surface area contributed by atoms with Gasteiger partial charge in [0.1, 0.15) is 12.4 Å². The molecule has 0 unspecified atom stereocenters. The number of nitrogens with zero attached hydrogens (tertiary/aromatic N) is 3. The lowest BCUT2D eigenvalue weighted by Crippen LogP contribution is -2.37. The van der Waals surface area contributed by atoms with Crippen molar-refractivity contribution in [2.45, 2.75) is 52.0 Å². The summed E-state index contributed by atoms with van der Waals surface area (Å²) in [6.07, 6.45) is 5.99. The van der Waals surface area contributed by atoms with Gasteiger partial charge in [-0.25, -0.2) is 0 Å². The maximum absolute atomic E-state index is 13.2. The van der Waals surface area contributed by atoms with Crippen molar-refractivity contribution in [3.8, 4) is 11.5 Å². The van der Waals surface area contributed by atoms with Crippen LogP contribution in [-0.4, -0.2) is 47.0 Å². The van der Waals surface area contributed by atoms with E-state index in [1.54, 1.807) is 13.4 Å². The first-order valence-corrected chi connectivity index (χ1v) is 11.3. The Morgan fingerprint density at radius 3 is 2.88 bits per heavy atom. The average molecular weight is 454 g/mol. The molecule has 2 aromatic heterocycles. The molecule has 0 saturated carbocycles. The van der Waals surface area contributed by atoms with Crippen LogP contribution in [0.5, 0.6) is 11.5 Å². The number of carbonyl (C=O) groups is 1. The first-order chi connectivity index (χ1) is 16.1. The maximum atomic E-state index is 13.2. The molecule has 3 aromatic rings. The van der Waals surface area contributed by atoms with Crippen LogP contribution in [0.15, 0.2) is 53.3 Å². The fourth-order valence-electron chi connectivity index (χ4n) is 3.94. The van der Waals surface area contributed by atoms with Crippen LogP contribution < -0.4 is 9.47 Å². The zero-order valence-electron chi connectivity index (χ0n) is 19.2. The van der Waals surface area contributed by atoms with E-state index in [-0.39, 0.29) is 12.0 Å². The topological polar surface area (TPSA) is 79.0 Å². The SMILES string of the molecule is COc1ccc(CN(C[C@@H]2CCCO2)C(=O)CCn2ccc(C)n2)cc1OCc1ccco1. The molecular weight excluding hydrogens is 422 g/mol. The van der Waals surface area contributed by atoms with Crippen molar-refractivity contribution in [1.82, 2.24) is 14.7 Å². The molecule has 0 N–H and O–H groups in total. The lowest BCUT2D eigenvalue weighted by molar-refractivity contribution is -0.133. The van der Waals surface area contributed by atoms with Crippen molar-refractivity contribution in [2.24, 2.45) is 0 Å². The predicted molar refractivity (Wildman–Crippen MR) is 122 cm³/mol. The smallest absolute Gasteiger partial charge is 0.224 e. The van der Waals surface area contributed by atoms with Crippen molar-refractivity contribution in [1.29, 1.82) is 0 Å². The lowest BCUT2D eigenvalue weighted by Gasteiger charge is -2.26. The molecule has 0 radical (unpaired) electrons. The van der Waals surface area contributed by atoms with Gasteiger partial charge in [-0.05, 0) is 55.7 Å². The summed E-state index contributed by atoms with van der Waals surface area (Å²) < 4.78 is 24.4. The molecule has 0 aliphatic carbocycles. The summed E-state index contributed by atoms with van der Waals surface area (Å²) >= 11 is 0. The Morgan fingerprint density at radius 2 is 2.18 bits per heavy atom. The predicted octanol–water partition coefficient (Wildman–Crippen LogP) is 3.97. The molecule has 1 aliphatic heterocycles. The standard InChI is InChI=1S/C25H31N3O5/c1-19-9-11-28(26-19)12-10-25(29)27(17-21-5-3-13-31-21)16-20-7-8-23(30-2)24(15-20)33-18-22-6-4-14-32-22/h4,6-9,11,14-15,21H,3,5,10,12-13,16-18H2,1-2H3/t21-/m0/s1. The highest BCUT2D eigenvalue weighted by Gasteiger charge is 2.23. The van der Waals surface area contributed by atoms with E-state index in [9.17, 15) is 4.79 Å². The van der Waals surface area contributed by atoms with Gasteiger partial charge in [0.2, 0.25) is 5.91 Å². The van der Waals surface area contributed by atoms with E-state index in [4.69, 9.17) is 18.6 Å². The fraction of sp³-hybridized carbons (Fsp3) is 0.440. The molecule has 1 fully saturated rings. The molecule has 4 rings (SSSR count). The van der Waals surface area contributed by atoms with E-state index in [0.717, 1.165) is 36.5 Å². The number of ether oxygens (including phenoxy) is 3. The van der Waals surface area contributed by atoms with Gasteiger partial charge in [-0.3, -0.25) is 9.48 Å². The molecule has 3 heterocycles. The van der Waals surface area contributed by atoms with Gasteiger partial charge in [-0.15, -0.1) is 0 Å². The van der Waals surface area contributed by atoms with Crippen LogP contribution in [0.3, 0.4) is 0 Å². The summed E-state index contributed by atoms with van der Waals surface area (Å²) in [6, 6.07) is 11.4. The van der Waals surface area contributed by atoms with Crippen molar-refractivity contribution in [3.63, 3.8) is 0 Å². The quantitative estimate of drug-likeness (QED) is 0.437. The first-order valence-electron chi connectivity index (χ1n) is 11.3. The summed E-state index contributed by atoms with van der Waals surface area (Å²) in [5.74, 6) is 2.05. The summed E-state index contributed by atoms with van der Waals surface area (Å²) in [4.78, 5) is 15.0. The second-order valence-corrected chi connectivity index (χ2v) is 8.23. The lowest BCUT2D eigenvalue weighted by atomic mass is 10.1. The largest absolute Gasteiger partial charge is 0.493 e. The monoisotopic (exact) mass is 453 g/mol. The van der Waals surface area contributed by atoms with Gasteiger partial charge < -0.3 is 23.5 Å². The zero-order chi connectivity index (χ0) is 23.0. The zero-order valence-corrected chi connectivity index (χ0v) is 19.2. The minimum Gasteiger partial charge on any atom is -0.493 e. The van der Waals surface area contributed by atoms with Gasteiger partial charge in [-0.1, -0.05) is 6.07 Å². The van der Waals surface area contributed by atoms with Crippen LogP contribution in [0.4, 0.5) is 0 Å². The van der Waals surface area contributed by atoms with E-state index in [1.165, 1.54) is 0 Å². The number of carbonyl (C=O) groups excluding carboxylic acids is 1. The molecule has 1 aromatic carbocycles. The van der Waals surface area contributed by atoms with Crippen LogP contribution in [0.2, 0.25) is 0 Å². The Kier molecular flexibility index (Phi) is 7.67. The molecule has 1 aliphatic rings. The Hall–Kier alpha value is -3.26. The Balaban J connectivity index is 1.45. The number of amides is 1. The van der Waals surface area contributed by atoms with Gasteiger partial charge in [0.15, 0.2) is 11.5 Å². The van der Waals surface area contributed by atoms with Gasteiger partial charge in [0.25, 0.3) is 0 Å². The maximum Gasteiger partial charge on any atom is 0.224 e. The molecule has 8 nitrogen and oxygen atoms in total. The molecular formula is C25H31N3O5. The second-order valence-electron chi connectivity index (χ2n) is 8.23. The van der Waals surface area contributed by atoms with Gasteiger partial charge in [0.05, 0.1) is 25.2 Å². The summed E-state index contributed by atoms with van der Waals surface area (Å²) in [7, 11) is 1.61. The van der Waals surface area contributed by atoms with Gasteiger partial charge in [0, 0.05) is 38.9 Å². The normalized spacial score (nSPS) is 15.5. The molecule has 176 valence electrons. The number of aromatic nitrogens is 2. The third-order valence-electron chi connectivity index (χ3n) is 5.68. The van der Waals surface area contributed by atoms with E-state index < -0.39 is 0 Å². The van der Waals surface area contributed by atoms with Gasteiger partial charge >= 0.3 is 0 Å². The van der Waals surface area contributed by atoms with Crippen LogP contribution in [0, 0.1) is 6.92 Å². The van der Waals surface area contributed by atoms with E-state index in [0.29, 0.717) is 44.2 Å². The third-order valence-corrected chi connectivity index (χ3v) is 5.68. The van der Waals surface area contributed by atoms with Crippen molar-refractivity contribution >= 4 is 5.91 Å². The Labute approximate surface area is 194 Å². The average Bonchev–Trinajstić information content (AvgIpc) is 3.59. The highest BCUT2D eigenvalue weighted by Crippen LogP contribution is 2.30. The number of hydrogen-bond acceptors (Lipinski definition) is 6. The molecule has 1 saturated heterocycles. The minimum atomic E-state index is 0.0764. The third kappa shape index (κ3) is 6.38. The summed E-state index contributed by atoms with van der Waals surface area (Å²) in [5, 5.41) is 4.38. The number of rotatable bonds is 11. The highest BCUT2D eigenvalue weighted by molar-refractivity contribution is 5.76. The van der Waals surface area contributed by atoms with Crippen LogP contribution in [-0.2, 0) is 29.2 Å². The fourth-order valence-corrected chi connectivity index (χ4v) is 3.94. The van der Waals surface area contributed by atoms with Crippen LogP contribution in [0.25, 0.3) is 0 Å². The molecule has 0 spiro atoms. The highest BCUT2D eigenvalue weighted by atomic mass is 16.5.